The number of benzene rings is 1. The van der Waals surface area contributed by atoms with Crippen LogP contribution in [0, 0.1) is 17.2 Å². The van der Waals surface area contributed by atoms with Gasteiger partial charge in [0.1, 0.15) is 0 Å². The molecule has 1 unspecified atom stereocenters. The SMILES string of the molecule is CN=C(NCc1ccc(C#N)cc1)N1CCC(CN2CCCCC2)C1. The van der Waals surface area contributed by atoms with Crippen LogP contribution in [0.25, 0.3) is 0 Å². The van der Waals surface area contributed by atoms with E-state index in [9.17, 15) is 0 Å². The summed E-state index contributed by atoms with van der Waals surface area (Å²) >= 11 is 0. The maximum atomic E-state index is 8.88. The molecule has 2 saturated heterocycles. The number of nitrogens with zero attached hydrogens (tertiary/aromatic N) is 4. The summed E-state index contributed by atoms with van der Waals surface area (Å²) < 4.78 is 0. The first-order valence-corrected chi connectivity index (χ1v) is 9.45. The Kier molecular flexibility index (Phi) is 6.30. The zero-order valence-corrected chi connectivity index (χ0v) is 15.2. The van der Waals surface area contributed by atoms with Crippen LogP contribution in [0.2, 0.25) is 0 Å². The number of nitrogens with one attached hydrogen (secondary N) is 1. The Balaban J connectivity index is 1.47. The number of likely N-dealkylation sites (tertiary alicyclic amines) is 2. The van der Waals surface area contributed by atoms with E-state index in [0.29, 0.717) is 5.56 Å². The second-order valence-electron chi connectivity index (χ2n) is 7.17. The highest BCUT2D eigenvalue weighted by molar-refractivity contribution is 5.80. The van der Waals surface area contributed by atoms with Gasteiger partial charge >= 0.3 is 0 Å². The summed E-state index contributed by atoms with van der Waals surface area (Å²) in [5.74, 6) is 1.75. The molecule has 2 aliphatic rings. The minimum Gasteiger partial charge on any atom is -0.352 e. The van der Waals surface area contributed by atoms with Gasteiger partial charge < -0.3 is 15.1 Å². The van der Waals surface area contributed by atoms with E-state index < -0.39 is 0 Å². The molecular weight excluding hydrogens is 310 g/mol. The Labute approximate surface area is 151 Å². The van der Waals surface area contributed by atoms with Gasteiger partial charge in [0.25, 0.3) is 0 Å². The van der Waals surface area contributed by atoms with Gasteiger partial charge in [0.2, 0.25) is 0 Å². The third kappa shape index (κ3) is 4.96. The molecule has 1 aromatic carbocycles. The van der Waals surface area contributed by atoms with Crippen LogP contribution >= 0.6 is 0 Å². The average Bonchev–Trinajstić information content (AvgIpc) is 3.12. The van der Waals surface area contributed by atoms with Crippen molar-refractivity contribution in [2.24, 2.45) is 10.9 Å². The van der Waals surface area contributed by atoms with E-state index in [4.69, 9.17) is 5.26 Å². The Morgan fingerprint density at radius 3 is 2.64 bits per heavy atom. The molecule has 0 saturated carbocycles. The second-order valence-corrected chi connectivity index (χ2v) is 7.17. The zero-order valence-electron chi connectivity index (χ0n) is 15.2. The number of hydrogen-bond acceptors (Lipinski definition) is 3. The summed E-state index contributed by atoms with van der Waals surface area (Å²) in [5.41, 5.74) is 1.87. The first kappa shape index (κ1) is 17.8. The van der Waals surface area contributed by atoms with Gasteiger partial charge in [-0.2, -0.15) is 5.26 Å². The van der Waals surface area contributed by atoms with Gasteiger partial charge in [-0.1, -0.05) is 18.6 Å². The van der Waals surface area contributed by atoms with E-state index in [1.807, 2.05) is 31.3 Å². The monoisotopic (exact) mass is 339 g/mol. The smallest absolute Gasteiger partial charge is 0.193 e. The number of hydrogen-bond donors (Lipinski definition) is 1. The third-order valence-electron chi connectivity index (χ3n) is 5.30. The first-order chi connectivity index (χ1) is 12.3. The topological polar surface area (TPSA) is 54.7 Å². The van der Waals surface area contributed by atoms with Gasteiger partial charge in [0.15, 0.2) is 5.96 Å². The molecule has 0 radical (unpaired) electrons. The number of nitriles is 1. The van der Waals surface area contributed by atoms with Gasteiger partial charge in [-0.05, 0) is 56.0 Å². The molecule has 2 aliphatic heterocycles. The van der Waals surface area contributed by atoms with E-state index >= 15 is 0 Å². The molecule has 1 aromatic rings. The van der Waals surface area contributed by atoms with E-state index in [0.717, 1.165) is 31.5 Å². The summed E-state index contributed by atoms with van der Waals surface area (Å²) in [6.07, 6.45) is 5.39. The fraction of sp³-hybridized carbons (Fsp3) is 0.600. The normalized spacial score (nSPS) is 22.0. The third-order valence-corrected chi connectivity index (χ3v) is 5.30. The predicted molar refractivity (Wildman–Crippen MR) is 101 cm³/mol. The van der Waals surface area contributed by atoms with Crippen molar-refractivity contribution in [2.75, 3.05) is 39.8 Å². The molecule has 1 N–H and O–H groups in total. The van der Waals surface area contributed by atoms with Gasteiger partial charge in [-0.3, -0.25) is 4.99 Å². The van der Waals surface area contributed by atoms with Gasteiger partial charge in [0.05, 0.1) is 11.6 Å². The van der Waals surface area contributed by atoms with Gasteiger partial charge in [-0.15, -0.1) is 0 Å². The molecular formula is C20H29N5. The molecule has 2 heterocycles. The number of piperidine rings is 1. The van der Waals surface area contributed by atoms with Crippen LogP contribution < -0.4 is 5.32 Å². The van der Waals surface area contributed by atoms with Crippen LogP contribution in [0.15, 0.2) is 29.3 Å². The molecule has 134 valence electrons. The Bertz CT molecular complexity index is 610. The molecule has 5 heteroatoms. The summed E-state index contributed by atoms with van der Waals surface area (Å²) in [4.78, 5) is 9.50. The molecule has 25 heavy (non-hydrogen) atoms. The quantitative estimate of drug-likeness (QED) is 0.676. The van der Waals surface area contributed by atoms with Gasteiger partial charge in [-0.25, -0.2) is 0 Å². The van der Waals surface area contributed by atoms with Crippen LogP contribution in [0.4, 0.5) is 0 Å². The molecule has 0 aromatic heterocycles. The Morgan fingerprint density at radius 1 is 1.20 bits per heavy atom. The van der Waals surface area contributed by atoms with Crippen LogP contribution in [0.3, 0.4) is 0 Å². The van der Waals surface area contributed by atoms with Crippen molar-refractivity contribution in [2.45, 2.75) is 32.2 Å². The maximum Gasteiger partial charge on any atom is 0.193 e. The van der Waals surface area contributed by atoms with Crippen molar-refractivity contribution < 1.29 is 0 Å². The fourth-order valence-electron chi connectivity index (χ4n) is 3.89. The zero-order chi connectivity index (χ0) is 17.5. The fourth-order valence-corrected chi connectivity index (χ4v) is 3.89. The summed E-state index contributed by atoms with van der Waals surface area (Å²) in [6.45, 7) is 6.73. The molecule has 2 fully saturated rings. The molecule has 0 amide bonds. The molecule has 0 aliphatic carbocycles. The van der Waals surface area contributed by atoms with Crippen molar-refractivity contribution in [1.29, 1.82) is 5.26 Å². The molecule has 3 rings (SSSR count). The number of aliphatic imine (C=N–C) groups is 1. The molecule has 0 spiro atoms. The molecule has 5 nitrogen and oxygen atoms in total. The summed E-state index contributed by atoms with van der Waals surface area (Å²) in [5, 5.41) is 12.3. The standard InChI is InChI=1S/C20H29N5/c1-22-20(23-14-18-7-5-17(13-21)6-8-18)25-12-9-19(16-25)15-24-10-3-2-4-11-24/h5-8,19H,2-4,9-12,14-16H2,1H3,(H,22,23). The first-order valence-electron chi connectivity index (χ1n) is 9.45. The van der Waals surface area contributed by atoms with Crippen molar-refractivity contribution in [1.82, 2.24) is 15.1 Å². The number of guanidine groups is 1. The van der Waals surface area contributed by atoms with Crippen LogP contribution in [0.1, 0.15) is 36.8 Å². The van der Waals surface area contributed by atoms with Gasteiger partial charge in [0, 0.05) is 33.2 Å². The van der Waals surface area contributed by atoms with Crippen LogP contribution in [0.5, 0.6) is 0 Å². The van der Waals surface area contributed by atoms with E-state index in [1.54, 1.807) is 0 Å². The maximum absolute atomic E-state index is 8.88. The minimum atomic E-state index is 0.702. The number of rotatable bonds is 4. The van der Waals surface area contributed by atoms with Crippen molar-refractivity contribution in [3.63, 3.8) is 0 Å². The molecule has 0 bridgehead atoms. The minimum absolute atomic E-state index is 0.702. The van der Waals surface area contributed by atoms with Crippen molar-refractivity contribution in [3.8, 4) is 6.07 Å². The predicted octanol–water partition coefficient (Wildman–Crippen LogP) is 2.44. The summed E-state index contributed by atoms with van der Waals surface area (Å²) in [6, 6.07) is 9.89. The highest BCUT2D eigenvalue weighted by Gasteiger charge is 2.26. The average molecular weight is 339 g/mol. The van der Waals surface area contributed by atoms with Crippen LogP contribution in [-0.4, -0.2) is 55.5 Å². The Hall–Kier alpha value is -2.06. The highest BCUT2D eigenvalue weighted by atomic mass is 15.3. The Morgan fingerprint density at radius 2 is 1.96 bits per heavy atom. The lowest BCUT2D eigenvalue weighted by atomic mass is 10.1. The lowest BCUT2D eigenvalue weighted by Crippen LogP contribution is -2.41. The van der Waals surface area contributed by atoms with E-state index in [2.05, 4.69) is 26.2 Å². The highest BCUT2D eigenvalue weighted by Crippen LogP contribution is 2.20. The molecule has 1 atom stereocenters. The summed E-state index contributed by atoms with van der Waals surface area (Å²) in [7, 11) is 1.86. The lowest BCUT2D eigenvalue weighted by molar-refractivity contribution is 0.198. The second kappa shape index (κ2) is 8.87. The van der Waals surface area contributed by atoms with Crippen molar-refractivity contribution in [3.05, 3.63) is 35.4 Å². The van der Waals surface area contributed by atoms with E-state index in [1.165, 1.54) is 50.9 Å². The van der Waals surface area contributed by atoms with Crippen molar-refractivity contribution >= 4 is 5.96 Å². The van der Waals surface area contributed by atoms with E-state index in [-0.39, 0.29) is 0 Å². The van der Waals surface area contributed by atoms with Crippen LogP contribution in [-0.2, 0) is 6.54 Å². The lowest BCUT2D eigenvalue weighted by Gasteiger charge is -2.29. The largest absolute Gasteiger partial charge is 0.352 e.